The fourth-order valence-corrected chi connectivity index (χ4v) is 9.69. The van der Waals surface area contributed by atoms with Gasteiger partial charge < -0.3 is 25.2 Å². The Labute approximate surface area is 298 Å². The number of nitrogens with one attached hydrogen (secondary N) is 3. The lowest BCUT2D eigenvalue weighted by atomic mass is 9.96. The summed E-state index contributed by atoms with van der Waals surface area (Å²) in [4.78, 5) is 73.9. The Morgan fingerprint density at radius 2 is 1.78 bits per heavy atom. The summed E-state index contributed by atoms with van der Waals surface area (Å²) in [5, 5.41) is 5.14. The van der Waals surface area contributed by atoms with Crippen LogP contribution in [0.5, 0.6) is 0 Å². The van der Waals surface area contributed by atoms with Crippen molar-refractivity contribution in [2.75, 3.05) is 20.1 Å². The van der Waals surface area contributed by atoms with E-state index in [1.165, 1.54) is 11.0 Å². The fraction of sp³-hybridized carbons (Fsp3) is 0.639. The minimum Gasteiger partial charge on any atom is -0.444 e. The monoisotopic (exact) mass is 724 g/mol. The molecule has 1 aromatic carbocycles. The summed E-state index contributed by atoms with van der Waals surface area (Å²) in [5.41, 5.74) is 1.76. The Balaban J connectivity index is 1.17. The van der Waals surface area contributed by atoms with Gasteiger partial charge in [0.25, 0.3) is 5.91 Å². The largest absolute Gasteiger partial charge is 0.444 e. The average molecular weight is 725 g/mol. The second kappa shape index (κ2) is 13.8. The third-order valence-corrected chi connectivity index (χ3v) is 13.5. The zero-order valence-electron chi connectivity index (χ0n) is 29.1. The molecule has 1 aromatic rings. The Kier molecular flexibility index (Phi) is 9.52. The highest BCUT2D eigenvalue weighted by molar-refractivity contribution is 7.91. The van der Waals surface area contributed by atoms with E-state index in [2.05, 4.69) is 28.0 Å². The van der Waals surface area contributed by atoms with Crippen LogP contribution < -0.4 is 15.4 Å². The van der Waals surface area contributed by atoms with Crippen LogP contribution in [0.1, 0.15) is 80.9 Å². The number of carbonyl (C=O) groups is 5. The molecule has 1 saturated heterocycles. The second-order valence-electron chi connectivity index (χ2n) is 15.2. The molecule has 14 nitrogen and oxygen atoms in total. The van der Waals surface area contributed by atoms with Gasteiger partial charge in [-0.2, -0.15) is 0 Å². The topological polar surface area (TPSA) is 175 Å². The molecule has 3 N–H and O–H groups in total. The summed E-state index contributed by atoms with van der Waals surface area (Å²) in [6.07, 6.45) is 6.85. The van der Waals surface area contributed by atoms with Gasteiger partial charge in [0, 0.05) is 39.0 Å². The number of rotatable bonds is 7. The molecule has 0 aromatic heterocycles. The van der Waals surface area contributed by atoms with E-state index < -0.39 is 68.7 Å². The Hall–Kier alpha value is -4.14. The molecule has 7 rings (SSSR count). The first kappa shape index (κ1) is 35.3. The van der Waals surface area contributed by atoms with Gasteiger partial charge in [-0.1, -0.05) is 37.1 Å². The van der Waals surface area contributed by atoms with Crippen LogP contribution in [0.25, 0.3) is 0 Å². The summed E-state index contributed by atoms with van der Waals surface area (Å²) in [5.74, 6) is -2.61. The third-order valence-electron chi connectivity index (χ3n) is 11.7. The fourth-order valence-electron chi connectivity index (χ4n) is 8.33. The van der Waals surface area contributed by atoms with Gasteiger partial charge in [-0.15, -0.1) is 6.58 Å². The highest BCUT2D eigenvalue weighted by atomic mass is 32.2. The molecule has 15 heteroatoms. The van der Waals surface area contributed by atoms with Crippen LogP contribution in [0.4, 0.5) is 9.59 Å². The van der Waals surface area contributed by atoms with Crippen LogP contribution in [-0.2, 0) is 48.7 Å². The van der Waals surface area contributed by atoms with Crippen molar-refractivity contribution in [1.82, 2.24) is 30.1 Å². The summed E-state index contributed by atoms with van der Waals surface area (Å²) in [6.45, 7) is 4.96. The Morgan fingerprint density at radius 1 is 1.04 bits per heavy atom. The molecule has 3 aliphatic carbocycles. The second-order valence-corrected chi connectivity index (χ2v) is 17.2. The number of hydrogen-bond donors (Lipinski definition) is 3. The lowest BCUT2D eigenvalue weighted by Crippen LogP contribution is -2.59. The highest BCUT2D eigenvalue weighted by Gasteiger charge is 2.62. The van der Waals surface area contributed by atoms with Crippen molar-refractivity contribution < 1.29 is 37.1 Å². The standard InChI is InChI=1S/C36H48N6O8S/c1-3-25-18-36(25,33(45)39-51(48,49)27-14-15-27)38-31(43)29-17-26-20-42(29)32(44)30(23-10-4-5-11-23)37-34(46)40(2)16-7-6-9-22-12-8-13-24-19-41(21-28(22)24)35(47)50-26/h3,8,12-13,23,25-27,29-30H,1,4-7,9-11,14-21H2,2H3,(H,37,46)(H,38,43)(H,39,45)/t25-,26+,29-,30-,36+/m0/s1. The van der Waals surface area contributed by atoms with Crippen LogP contribution in [0, 0.1) is 11.8 Å². The number of aryl methyl sites for hydroxylation is 1. The smallest absolute Gasteiger partial charge is 0.410 e. The molecule has 4 bridgehead atoms. The zero-order chi connectivity index (χ0) is 36.1. The van der Waals surface area contributed by atoms with E-state index in [1.54, 1.807) is 16.8 Å². The molecule has 6 amide bonds. The first-order chi connectivity index (χ1) is 24.4. The van der Waals surface area contributed by atoms with Crippen molar-refractivity contribution in [1.29, 1.82) is 0 Å². The van der Waals surface area contributed by atoms with Gasteiger partial charge in [0.15, 0.2) is 0 Å². The molecule has 3 saturated carbocycles. The maximum absolute atomic E-state index is 14.6. The molecule has 0 spiro atoms. The molecule has 51 heavy (non-hydrogen) atoms. The Bertz CT molecular complexity index is 1730. The van der Waals surface area contributed by atoms with Gasteiger partial charge in [0.1, 0.15) is 23.7 Å². The zero-order valence-corrected chi connectivity index (χ0v) is 29.9. The molecule has 6 aliphatic rings. The summed E-state index contributed by atoms with van der Waals surface area (Å²) in [6, 6.07) is 3.64. The lowest BCUT2D eigenvalue weighted by molar-refractivity contribution is -0.142. The lowest BCUT2D eigenvalue weighted by Gasteiger charge is -2.33. The van der Waals surface area contributed by atoms with E-state index >= 15 is 0 Å². The van der Waals surface area contributed by atoms with Crippen molar-refractivity contribution in [2.45, 2.75) is 113 Å². The molecule has 276 valence electrons. The Morgan fingerprint density at radius 3 is 2.49 bits per heavy atom. The van der Waals surface area contributed by atoms with Crippen LogP contribution in [-0.4, -0.2) is 102 Å². The molecule has 0 unspecified atom stereocenters. The van der Waals surface area contributed by atoms with Gasteiger partial charge in [-0.3, -0.25) is 24.0 Å². The summed E-state index contributed by atoms with van der Waals surface area (Å²) in [7, 11) is -2.18. The van der Waals surface area contributed by atoms with Gasteiger partial charge in [-0.25, -0.2) is 18.0 Å². The van der Waals surface area contributed by atoms with Crippen molar-refractivity contribution in [2.24, 2.45) is 11.8 Å². The number of benzene rings is 1. The number of ether oxygens (including phenoxy) is 1. The number of urea groups is 1. The van der Waals surface area contributed by atoms with Gasteiger partial charge in [0.05, 0.1) is 11.8 Å². The van der Waals surface area contributed by atoms with Crippen molar-refractivity contribution in [3.8, 4) is 0 Å². The molecule has 0 radical (unpaired) electrons. The van der Waals surface area contributed by atoms with Crippen molar-refractivity contribution >= 4 is 39.9 Å². The number of carbonyl (C=O) groups excluding carboxylic acids is 5. The number of hydrogen-bond acceptors (Lipinski definition) is 8. The van der Waals surface area contributed by atoms with Crippen molar-refractivity contribution in [3.05, 3.63) is 47.5 Å². The van der Waals surface area contributed by atoms with E-state index in [0.29, 0.717) is 32.5 Å². The van der Waals surface area contributed by atoms with E-state index in [0.717, 1.165) is 61.6 Å². The minimum absolute atomic E-state index is 0.0303. The predicted octanol–water partition coefficient (Wildman–Crippen LogP) is 2.31. The van der Waals surface area contributed by atoms with Crippen LogP contribution in [0.15, 0.2) is 30.9 Å². The third kappa shape index (κ3) is 7.05. The maximum atomic E-state index is 14.6. The SMILES string of the molecule is C=C[C@H]1C[C@]1(NC(=O)[C@@H]1C[C@@H]2CN1C(=O)[C@H](C1CCCC1)NC(=O)N(C)CCCCc1cccc3c1CN(C3)C(=O)O2)C(=O)NS(=O)(=O)C1CC1. The highest BCUT2D eigenvalue weighted by Crippen LogP contribution is 2.45. The first-order valence-electron chi connectivity index (χ1n) is 18.3. The average Bonchev–Trinajstić information content (AvgIpc) is 3.88. The van der Waals surface area contributed by atoms with Crippen LogP contribution >= 0.6 is 0 Å². The molecule has 4 fully saturated rings. The molecular formula is C36H48N6O8S. The van der Waals surface area contributed by atoms with Gasteiger partial charge in [-0.05, 0) is 74.0 Å². The van der Waals surface area contributed by atoms with E-state index in [1.807, 2.05) is 12.1 Å². The quantitative estimate of drug-likeness (QED) is 0.360. The van der Waals surface area contributed by atoms with E-state index in [4.69, 9.17) is 4.74 Å². The van der Waals surface area contributed by atoms with Gasteiger partial charge >= 0.3 is 12.1 Å². The van der Waals surface area contributed by atoms with Crippen LogP contribution in [0.3, 0.4) is 0 Å². The van der Waals surface area contributed by atoms with E-state index in [9.17, 15) is 32.4 Å². The molecular weight excluding hydrogens is 676 g/mol. The number of nitrogens with zero attached hydrogens (tertiary/aromatic N) is 3. The first-order valence-corrected chi connectivity index (χ1v) is 19.8. The number of amides is 6. The summed E-state index contributed by atoms with van der Waals surface area (Å²) >= 11 is 0. The van der Waals surface area contributed by atoms with Crippen molar-refractivity contribution in [3.63, 3.8) is 0 Å². The predicted molar refractivity (Wildman–Crippen MR) is 185 cm³/mol. The molecule has 3 heterocycles. The number of fused-ring (bicyclic) bond motifs is 3. The maximum Gasteiger partial charge on any atom is 0.410 e. The normalized spacial score (nSPS) is 30.3. The van der Waals surface area contributed by atoms with E-state index in [-0.39, 0.29) is 31.3 Å². The van der Waals surface area contributed by atoms with Crippen LogP contribution in [0.2, 0.25) is 0 Å². The summed E-state index contributed by atoms with van der Waals surface area (Å²) < 4.78 is 33.5. The molecule has 5 atom stereocenters. The minimum atomic E-state index is -3.89. The van der Waals surface area contributed by atoms with Gasteiger partial charge in [0.2, 0.25) is 21.8 Å². The number of sulfonamides is 1. The molecule has 3 aliphatic heterocycles.